The highest BCUT2D eigenvalue weighted by molar-refractivity contribution is 7.46. The third-order valence-electron chi connectivity index (χ3n) is 2.37. The zero-order valence-corrected chi connectivity index (χ0v) is 13.2. The van der Waals surface area contributed by atoms with Gasteiger partial charge in [0.05, 0.1) is 27.7 Å². The summed E-state index contributed by atoms with van der Waals surface area (Å²) < 4.78 is 21.1. The van der Waals surface area contributed by atoms with Crippen molar-refractivity contribution in [1.82, 2.24) is 0 Å². The Morgan fingerprint density at radius 3 is 2.40 bits per heavy atom. The van der Waals surface area contributed by atoms with Crippen LogP contribution in [-0.4, -0.2) is 60.6 Å². The molecular weight excluding hydrogens is 285 g/mol. The van der Waals surface area contributed by atoms with Crippen molar-refractivity contribution in [2.24, 2.45) is 0 Å². The maximum atomic E-state index is 10.9. The van der Waals surface area contributed by atoms with E-state index >= 15 is 0 Å². The highest BCUT2D eigenvalue weighted by Crippen LogP contribution is 2.38. The van der Waals surface area contributed by atoms with E-state index in [0.717, 1.165) is 6.08 Å². The van der Waals surface area contributed by atoms with Crippen molar-refractivity contribution in [3.8, 4) is 0 Å². The van der Waals surface area contributed by atoms with Gasteiger partial charge in [0, 0.05) is 6.08 Å². The Morgan fingerprint density at radius 2 is 1.95 bits per heavy atom. The highest BCUT2D eigenvalue weighted by Gasteiger charge is 2.26. The van der Waals surface area contributed by atoms with E-state index < -0.39 is 19.9 Å². The molecular formula is C12H25NO6P+. The molecule has 8 heteroatoms. The Labute approximate surface area is 120 Å². The van der Waals surface area contributed by atoms with Gasteiger partial charge >= 0.3 is 13.8 Å². The second-order valence-electron chi connectivity index (χ2n) is 5.56. The number of likely N-dealkylation sites (N-methyl/N-ethyl adjacent to an activating group) is 1. The molecule has 0 aliphatic rings. The minimum Gasteiger partial charge on any atom is -0.463 e. The SMILES string of the molecule is C=CC(=O)OCCCCC(C[N+](C)(C)C)OP(=O)(O)O. The number of hydrogen-bond donors (Lipinski definition) is 2. The number of rotatable bonds is 10. The van der Waals surface area contributed by atoms with Gasteiger partial charge in [-0.05, 0) is 19.3 Å². The Kier molecular flexibility index (Phi) is 8.23. The van der Waals surface area contributed by atoms with E-state index in [9.17, 15) is 9.36 Å². The molecule has 0 aliphatic carbocycles. The molecule has 0 aromatic heterocycles. The third kappa shape index (κ3) is 12.3. The van der Waals surface area contributed by atoms with Gasteiger partial charge in [0.2, 0.25) is 0 Å². The third-order valence-corrected chi connectivity index (χ3v) is 2.94. The molecule has 0 saturated heterocycles. The summed E-state index contributed by atoms with van der Waals surface area (Å²) in [7, 11) is 1.26. The van der Waals surface area contributed by atoms with Crippen LogP contribution in [0.4, 0.5) is 0 Å². The number of ether oxygens (including phenoxy) is 1. The fourth-order valence-electron chi connectivity index (χ4n) is 1.69. The van der Waals surface area contributed by atoms with Crippen molar-refractivity contribution >= 4 is 13.8 Å². The van der Waals surface area contributed by atoms with Crippen LogP contribution in [0.1, 0.15) is 19.3 Å². The second-order valence-corrected chi connectivity index (χ2v) is 6.75. The molecule has 0 radical (unpaired) electrons. The predicted octanol–water partition coefficient (Wildman–Crippen LogP) is 1.07. The fourth-order valence-corrected chi connectivity index (χ4v) is 2.25. The molecule has 0 heterocycles. The number of esters is 1. The first-order chi connectivity index (χ1) is 9.03. The van der Waals surface area contributed by atoms with Crippen LogP contribution in [-0.2, 0) is 18.6 Å². The molecule has 7 nitrogen and oxygen atoms in total. The van der Waals surface area contributed by atoms with Crippen LogP contribution in [0.5, 0.6) is 0 Å². The Balaban J connectivity index is 4.13. The summed E-state index contributed by atoms with van der Waals surface area (Å²) in [6, 6.07) is 0. The van der Waals surface area contributed by atoms with Crippen LogP contribution in [0, 0.1) is 0 Å². The van der Waals surface area contributed by atoms with Gasteiger partial charge in [0.15, 0.2) is 0 Å². The molecule has 0 rings (SSSR count). The van der Waals surface area contributed by atoms with Gasteiger partial charge in [-0.2, -0.15) is 0 Å². The number of carbonyl (C=O) groups excluding carboxylic acids is 1. The van der Waals surface area contributed by atoms with E-state index in [1.165, 1.54) is 0 Å². The summed E-state index contributed by atoms with van der Waals surface area (Å²) in [6.07, 6.45) is 2.31. The average molecular weight is 310 g/mol. The molecule has 0 amide bonds. The molecule has 0 aromatic carbocycles. The zero-order chi connectivity index (χ0) is 15.8. The van der Waals surface area contributed by atoms with Gasteiger partial charge in [0.1, 0.15) is 12.6 Å². The summed E-state index contributed by atoms with van der Waals surface area (Å²) in [6.45, 7) is 4.03. The van der Waals surface area contributed by atoms with Crippen LogP contribution in [0.25, 0.3) is 0 Å². The van der Waals surface area contributed by atoms with E-state index in [1.54, 1.807) is 0 Å². The fraction of sp³-hybridized carbons (Fsp3) is 0.750. The van der Waals surface area contributed by atoms with E-state index in [0.29, 0.717) is 30.3 Å². The largest absolute Gasteiger partial charge is 0.470 e. The molecule has 20 heavy (non-hydrogen) atoms. The lowest BCUT2D eigenvalue weighted by Gasteiger charge is -2.29. The lowest BCUT2D eigenvalue weighted by molar-refractivity contribution is -0.873. The number of quaternary nitrogens is 1. The molecule has 2 N–H and O–H groups in total. The van der Waals surface area contributed by atoms with Gasteiger partial charge in [-0.25, -0.2) is 9.36 Å². The minimum atomic E-state index is -4.49. The summed E-state index contributed by atoms with van der Waals surface area (Å²) >= 11 is 0. The first-order valence-electron chi connectivity index (χ1n) is 6.37. The monoisotopic (exact) mass is 310 g/mol. The Morgan fingerprint density at radius 1 is 1.35 bits per heavy atom. The molecule has 0 fully saturated rings. The van der Waals surface area contributed by atoms with E-state index in [2.05, 4.69) is 6.58 Å². The van der Waals surface area contributed by atoms with Crippen LogP contribution in [0.2, 0.25) is 0 Å². The van der Waals surface area contributed by atoms with E-state index in [1.807, 2.05) is 21.1 Å². The van der Waals surface area contributed by atoms with Gasteiger partial charge in [0.25, 0.3) is 0 Å². The van der Waals surface area contributed by atoms with Crippen molar-refractivity contribution in [3.05, 3.63) is 12.7 Å². The second kappa shape index (κ2) is 8.54. The molecule has 118 valence electrons. The smallest absolute Gasteiger partial charge is 0.463 e. The molecule has 0 aromatic rings. The summed E-state index contributed by atoms with van der Waals surface area (Å²) in [5.74, 6) is -0.473. The summed E-state index contributed by atoms with van der Waals surface area (Å²) in [5, 5.41) is 0. The first-order valence-corrected chi connectivity index (χ1v) is 7.90. The number of carbonyl (C=O) groups is 1. The van der Waals surface area contributed by atoms with E-state index in [4.69, 9.17) is 19.0 Å². The Bertz CT molecular complexity index is 359. The van der Waals surface area contributed by atoms with Crippen molar-refractivity contribution in [3.63, 3.8) is 0 Å². The lowest BCUT2D eigenvalue weighted by atomic mass is 10.1. The lowest BCUT2D eigenvalue weighted by Crippen LogP contribution is -2.42. The number of unbranched alkanes of at least 4 members (excludes halogenated alkanes) is 1. The molecule has 0 saturated carbocycles. The maximum absolute atomic E-state index is 10.9. The number of nitrogens with zero attached hydrogens (tertiary/aromatic N) is 1. The van der Waals surface area contributed by atoms with Gasteiger partial charge in [-0.3, -0.25) is 4.52 Å². The van der Waals surface area contributed by atoms with Crippen LogP contribution < -0.4 is 0 Å². The predicted molar refractivity (Wildman–Crippen MR) is 74.8 cm³/mol. The number of phosphoric acid groups is 1. The molecule has 0 spiro atoms. The van der Waals surface area contributed by atoms with Crippen molar-refractivity contribution in [2.75, 3.05) is 34.3 Å². The quantitative estimate of drug-likeness (QED) is 0.206. The van der Waals surface area contributed by atoms with Crippen molar-refractivity contribution in [2.45, 2.75) is 25.4 Å². The van der Waals surface area contributed by atoms with Crippen molar-refractivity contribution < 1.29 is 32.9 Å². The van der Waals surface area contributed by atoms with Crippen molar-refractivity contribution in [1.29, 1.82) is 0 Å². The minimum absolute atomic E-state index is 0.262. The van der Waals surface area contributed by atoms with Crippen LogP contribution >= 0.6 is 7.82 Å². The zero-order valence-electron chi connectivity index (χ0n) is 12.3. The molecule has 0 aliphatic heterocycles. The highest BCUT2D eigenvalue weighted by atomic mass is 31.2. The normalized spacial score (nSPS) is 13.8. The summed E-state index contributed by atoms with van der Waals surface area (Å²) in [4.78, 5) is 28.6. The van der Waals surface area contributed by atoms with Gasteiger partial charge in [-0.1, -0.05) is 6.58 Å². The van der Waals surface area contributed by atoms with Gasteiger partial charge < -0.3 is 19.0 Å². The topological polar surface area (TPSA) is 93.1 Å². The molecule has 1 atom stereocenters. The summed E-state index contributed by atoms with van der Waals surface area (Å²) in [5.41, 5.74) is 0. The maximum Gasteiger partial charge on any atom is 0.470 e. The number of phosphoric ester groups is 1. The molecule has 1 unspecified atom stereocenters. The van der Waals surface area contributed by atoms with Crippen LogP contribution in [0.3, 0.4) is 0 Å². The standard InChI is InChI=1S/C12H24NO6P/c1-5-12(14)18-9-7-6-8-11(10-13(2,3)4)19-20(15,16)17/h5,11H,1,6-10H2,2-4H3,(H-,15,16,17)/p+1. The first kappa shape index (κ1) is 19.3. The average Bonchev–Trinajstić information content (AvgIpc) is 2.23. The van der Waals surface area contributed by atoms with E-state index in [-0.39, 0.29) is 6.61 Å². The Hall–Kier alpha value is -0.720. The number of hydrogen-bond acceptors (Lipinski definition) is 4. The van der Waals surface area contributed by atoms with Crippen LogP contribution in [0.15, 0.2) is 12.7 Å². The van der Waals surface area contributed by atoms with Gasteiger partial charge in [-0.15, -0.1) is 0 Å². The molecule has 0 bridgehead atoms.